The van der Waals surface area contributed by atoms with Gasteiger partial charge in [0.2, 0.25) is 0 Å². The second kappa shape index (κ2) is 5.60. The Morgan fingerprint density at radius 2 is 1.70 bits per heavy atom. The van der Waals surface area contributed by atoms with Gasteiger partial charge < -0.3 is 5.32 Å². The lowest BCUT2D eigenvalue weighted by Crippen LogP contribution is -2.50. The molecule has 2 unspecified atom stereocenters. The average molecular weight is 279 g/mol. The number of ketones is 1. The number of halogens is 2. The number of rotatable bonds is 3. The third-order valence-electron chi connectivity index (χ3n) is 4.53. The maximum atomic E-state index is 12.5. The molecule has 0 aromatic heterocycles. The van der Waals surface area contributed by atoms with E-state index >= 15 is 0 Å². The van der Waals surface area contributed by atoms with Crippen LogP contribution in [0.15, 0.2) is 24.3 Å². The molecule has 1 N–H and O–H groups in total. The van der Waals surface area contributed by atoms with Crippen molar-refractivity contribution in [3.8, 4) is 0 Å². The predicted molar refractivity (Wildman–Crippen MR) is 73.0 cm³/mol. The summed E-state index contributed by atoms with van der Waals surface area (Å²) in [5.41, 5.74) is 0.545. The van der Waals surface area contributed by atoms with Crippen molar-refractivity contribution in [1.82, 2.24) is 5.32 Å². The molecule has 1 aromatic rings. The topological polar surface area (TPSA) is 29.1 Å². The van der Waals surface area contributed by atoms with E-state index in [1.165, 1.54) is 18.6 Å². The minimum absolute atomic E-state index is 0.0243. The quantitative estimate of drug-likeness (QED) is 0.854. The van der Waals surface area contributed by atoms with Crippen molar-refractivity contribution in [3.63, 3.8) is 0 Å². The van der Waals surface area contributed by atoms with E-state index in [4.69, 9.17) is 0 Å². The van der Waals surface area contributed by atoms with E-state index in [9.17, 15) is 13.6 Å². The smallest absolute Gasteiger partial charge is 0.263 e. The van der Waals surface area contributed by atoms with Crippen molar-refractivity contribution < 1.29 is 13.6 Å². The minimum Gasteiger partial charge on any atom is -0.311 e. The second-order valence-electron chi connectivity index (χ2n) is 5.95. The lowest BCUT2D eigenvalue weighted by molar-refractivity contribution is 0.0824. The van der Waals surface area contributed by atoms with Crippen LogP contribution in [0.1, 0.15) is 54.5 Å². The number of hydrogen-bond acceptors (Lipinski definition) is 2. The number of Topliss-reactive ketones (excluding diaryl/α,β-unsaturated/α-hetero) is 1. The van der Waals surface area contributed by atoms with E-state index < -0.39 is 6.43 Å². The number of fused-ring (bicyclic) bond motifs is 2. The zero-order chi connectivity index (χ0) is 14.1. The van der Waals surface area contributed by atoms with Crippen molar-refractivity contribution in [1.29, 1.82) is 0 Å². The Kier molecular flexibility index (Phi) is 3.83. The van der Waals surface area contributed by atoms with Crippen LogP contribution in [0.3, 0.4) is 0 Å². The van der Waals surface area contributed by atoms with Crippen LogP contribution >= 0.6 is 0 Å². The molecule has 2 aliphatic rings. The Balaban J connectivity index is 1.72. The van der Waals surface area contributed by atoms with Gasteiger partial charge in [-0.2, -0.15) is 0 Å². The first-order valence-corrected chi connectivity index (χ1v) is 7.32. The normalized spacial score (nSPS) is 29.4. The molecule has 2 aliphatic heterocycles. The molecule has 2 fully saturated rings. The van der Waals surface area contributed by atoms with Gasteiger partial charge in [0.1, 0.15) is 0 Å². The molecule has 0 amide bonds. The molecular formula is C16H19F2NO. The molecule has 108 valence electrons. The largest absolute Gasteiger partial charge is 0.311 e. The standard InChI is InChI=1S/C16H19F2NO/c17-16(18)11-6-4-10(5-7-11)15(20)12-8-13-2-1-3-14(9-12)19-13/h4-7,12-14,16,19H,1-3,8-9H2. The molecule has 2 saturated heterocycles. The fourth-order valence-corrected chi connectivity index (χ4v) is 3.51. The molecule has 2 atom stereocenters. The first-order chi connectivity index (χ1) is 9.63. The van der Waals surface area contributed by atoms with Crippen LogP contribution in [-0.2, 0) is 0 Å². The molecule has 1 aromatic carbocycles. The molecular weight excluding hydrogens is 260 g/mol. The third-order valence-corrected chi connectivity index (χ3v) is 4.53. The van der Waals surface area contributed by atoms with Gasteiger partial charge >= 0.3 is 0 Å². The number of piperidine rings is 2. The van der Waals surface area contributed by atoms with Crippen LogP contribution in [0.25, 0.3) is 0 Å². The zero-order valence-electron chi connectivity index (χ0n) is 11.3. The summed E-state index contributed by atoms with van der Waals surface area (Å²) in [4.78, 5) is 12.5. The van der Waals surface area contributed by atoms with Crippen LogP contribution < -0.4 is 5.32 Å². The van der Waals surface area contributed by atoms with E-state index in [0.29, 0.717) is 17.6 Å². The van der Waals surface area contributed by atoms with Crippen molar-refractivity contribution in [2.45, 2.75) is 50.6 Å². The summed E-state index contributed by atoms with van der Waals surface area (Å²) in [5.74, 6) is 0.160. The van der Waals surface area contributed by atoms with Gasteiger partial charge in [-0.05, 0) is 25.7 Å². The van der Waals surface area contributed by atoms with Gasteiger partial charge in [0.15, 0.2) is 5.78 Å². The Morgan fingerprint density at radius 1 is 1.10 bits per heavy atom. The summed E-state index contributed by atoms with van der Waals surface area (Å²) in [6, 6.07) is 6.72. The molecule has 0 radical (unpaired) electrons. The highest BCUT2D eigenvalue weighted by Gasteiger charge is 2.34. The van der Waals surface area contributed by atoms with Gasteiger partial charge in [0.25, 0.3) is 6.43 Å². The SMILES string of the molecule is O=C(c1ccc(C(F)F)cc1)C1CC2CCCC(C1)N2. The van der Waals surface area contributed by atoms with E-state index in [1.54, 1.807) is 12.1 Å². The maximum Gasteiger partial charge on any atom is 0.263 e. The van der Waals surface area contributed by atoms with Crippen LogP contribution in [0, 0.1) is 5.92 Å². The molecule has 4 heteroatoms. The number of benzene rings is 1. The van der Waals surface area contributed by atoms with E-state index in [0.717, 1.165) is 25.7 Å². The average Bonchev–Trinajstić information content (AvgIpc) is 2.46. The molecule has 2 nitrogen and oxygen atoms in total. The summed E-state index contributed by atoms with van der Waals surface area (Å²) in [6.45, 7) is 0. The monoisotopic (exact) mass is 279 g/mol. The third kappa shape index (κ3) is 2.75. The number of alkyl halides is 2. The minimum atomic E-state index is -2.47. The van der Waals surface area contributed by atoms with Crippen molar-refractivity contribution >= 4 is 5.78 Å². The van der Waals surface area contributed by atoms with Crippen LogP contribution in [0.4, 0.5) is 8.78 Å². The number of nitrogens with one attached hydrogen (secondary N) is 1. The van der Waals surface area contributed by atoms with Gasteiger partial charge in [0, 0.05) is 29.1 Å². The van der Waals surface area contributed by atoms with Crippen molar-refractivity contribution in [2.24, 2.45) is 5.92 Å². The zero-order valence-corrected chi connectivity index (χ0v) is 11.3. The first kappa shape index (κ1) is 13.7. The predicted octanol–water partition coefficient (Wildman–Crippen LogP) is 3.73. The highest BCUT2D eigenvalue weighted by atomic mass is 19.3. The van der Waals surface area contributed by atoms with Crippen LogP contribution in [0.5, 0.6) is 0 Å². The molecule has 0 aliphatic carbocycles. The lowest BCUT2D eigenvalue weighted by atomic mass is 9.77. The fourth-order valence-electron chi connectivity index (χ4n) is 3.51. The maximum absolute atomic E-state index is 12.5. The Hall–Kier alpha value is -1.29. The highest BCUT2D eigenvalue weighted by molar-refractivity contribution is 5.98. The Labute approximate surface area is 117 Å². The highest BCUT2D eigenvalue weighted by Crippen LogP contribution is 2.32. The van der Waals surface area contributed by atoms with Gasteiger partial charge in [0.05, 0.1) is 0 Å². The molecule has 0 spiro atoms. The van der Waals surface area contributed by atoms with Crippen LogP contribution in [0.2, 0.25) is 0 Å². The van der Waals surface area contributed by atoms with Gasteiger partial charge in [-0.3, -0.25) is 4.79 Å². The summed E-state index contributed by atoms with van der Waals surface area (Å²) in [6.07, 6.45) is 2.82. The van der Waals surface area contributed by atoms with Gasteiger partial charge in [-0.25, -0.2) is 8.78 Å². The lowest BCUT2D eigenvalue weighted by Gasteiger charge is -2.39. The summed E-state index contributed by atoms with van der Waals surface area (Å²) >= 11 is 0. The van der Waals surface area contributed by atoms with Gasteiger partial charge in [-0.1, -0.05) is 30.7 Å². The number of carbonyl (C=O) groups is 1. The summed E-state index contributed by atoms with van der Waals surface area (Å²) in [5, 5.41) is 3.56. The van der Waals surface area contributed by atoms with Gasteiger partial charge in [-0.15, -0.1) is 0 Å². The first-order valence-electron chi connectivity index (χ1n) is 7.32. The van der Waals surface area contributed by atoms with Crippen molar-refractivity contribution in [3.05, 3.63) is 35.4 Å². The molecule has 2 bridgehead atoms. The fraction of sp³-hybridized carbons (Fsp3) is 0.562. The van der Waals surface area contributed by atoms with Crippen LogP contribution in [-0.4, -0.2) is 17.9 Å². The number of carbonyl (C=O) groups excluding carboxylic acids is 1. The summed E-state index contributed by atoms with van der Waals surface area (Å²) in [7, 11) is 0. The molecule has 0 saturated carbocycles. The van der Waals surface area contributed by atoms with Crippen molar-refractivity contribution in [2.75, 3.05) is 0 Å². The molecule has 2 heterocycles. The number of hydrogen-bond donors (Lipinski definition) is 1. The van der Waals surface area contributed by atoms with E-state index in [2.05, 4.69) is 5.32 Å². The second-order valence-corrected chi connectivity index (χ2v) is 5.95. The Bertz CT molecular complexity index is 474. The molecule has 20 heavy (non-hydrogen) atoms. The Morgan fingerprint density at radius 3 is 2.25 bits per heavy atom. The van der Waals surface area contributed by atoms with E-state index in [1.807, 2.05) is 0 Å². The van der Waals surface area contributed by atoms with E-state index in [-0.39, 0.29) is 17.3 Å². The summed E-state index contributed by atoms with van der Waals surface area (Å²) < 4.78 is 25.0. The molecule has 3 rings (SSSR count).